The van der Waals surface area contributed by atoms with Crippen molar-refractivity contribution in [3.63, 3.8) is 0 Å². The fraction of sp³-hybridized carbons (Fsp3) is 0.737. The molecule has 1 amide bonds. The molecule has 0 saturated heterocycles. The van der Waals surface area contributed by atoms with Crippen molar-refractivity contribution in [1.82, 2.24) is 21.1 Å². The van der Waals surface area contributed by atoms with Gasteiger partial charge in [-0.25, -0.2) is 0 Å². The van der Waals surface area contributed by atoms with Crippen molar-refractivity contribution in [2.75, 3.05) is 20.1 Å². The second kappa shape index (κ2) is 10.8. The normalized spacial score (nSPS) is 15.0. The van der Waals surface area contributed by atoms with Gasteiger partial charge < -0.3 is 20.5 Å². The molecule has 1 fully saturated rings. The minimum Gasteiger partial charge on any atom is -0.359 e. The first kappa shape index (κ1) is 20.3. The Morgan fingerprint density at radius 2 is 2.00 bits per heavy atom. The first-order valence-corrected chi connectivity index (χ1v) is 9.85. The average Bonchev–Trinajstić information content (AvgIpc) is 3.05. The molecule has 26 heavy (non-hydrogen) atoms. The molecule has 0 unspecified atom stereocenters. The van der Waals surface area contributed by atoms with E-state index in [1.807, 2.05) is 6.07 Å². The highest BCUT2D eigenvalue weighted by Gasteiger charge is 2.24. The molecule has 0 atom stereocenters. The number of carbonyl (C=O) groups excluding carboxylic acids is 1. The molecule has 7 heteroatoms. The van der Waals surface area contributed by atoms with Crippen LogP contribution < -0.4 is 16.0 Å². The van der Waals surface area contributed by atoms with Crippen LogP contribution in [0.4, 0.5) is 0 Å². The first-order chi connectivity index (χ1) is 12.7. The Balaban J connectivity index is 1.62. The Bertz CT molecular complexity index is 576. The van der Waals surface area contributed by atoms with Crippen LogP contribution in [0.3, 0.4) is 0 Å². The van der Waals surface area contributed by atoms with Crippen LogP contribution in [0.25, 0.3) is 0 Å². The monoisotopic (exact) mass is 363 g/mol. The van der Waals surface area contributed by atoms with E-state index >= 15 is 0 Å². The molecule has 7 nitrogen and oxygen atoms in total. The van der Waals surface area contributed by atoms with E-state index < -0.39 is 0 Å². The van der Waals surface area contributed by atoms with Gasteiger partial charge in [-0.1, -0.05) is 25.4 Å². The van der Waals surface area contributed by atoms with Gasteiger partial charge in [-0.2, -0.15) is 0 Å². The fourth-order valence-electron chi connectivity index (χ4n) is 3.02. The van der Waals surface area contributed by atoms with E-state index in [-0.39, 0.29) is 11.8 Å². The molecule has 1 aromatic rings. The predicted molar refractivity (Wildman–Crippen MR) is 103 cm³/mol. The number of hydrogen-bond donors (Lipinski definition) is 3. The van der Waals surface area contributed by atoms with Crippen molar-refractivity contribution < 1.29 is 9.32 Å². The third-order valence-corrected chi connectivity index (χ3v) is 5.06. The lowest BCUT2D eigenvalue weighted by molar-refractivity contribution is -0.127. The molecule has 1 aliphatic rings. The Morgan fingerprint density at radius 3 is 2.62 bits per heavy atom. The van der Waals surface area contributed by atoms with Gasteiger partial charge >= 0.3 is 0 Å². The van der Waals surface area contributed by atoms with Crippen LogP contribution in [0.1, 0.15) is 69.7 Å². The topological polar surface area (TPSA) is 91.6 Å². The van der Waals surface area contributed by atoms with Crippen LogP contribution in [-0.2, 0) is 11.3 Å². The minimum atomic E-state index is 0.206. The maximum absolute atomic E-state index is 11.7. The van der Waals surface area contributed by atoms with Gasteiger partial charge in [-0.3, -0.25) is 9.79 Å². The zero-order chi connectivity index (χ0) is 18.8. The number of hydrogen-bond acceptors (Lipinski definition) is 4. The number of carbonyl (C=O) groups is 1. The zero-order valence-corrected chi connectivity index (χ0v) is 16.3. The standard InChI is InChI=1S/C19H33N5O2/c1-4-14(5-2)17-12-16(26-24-17)13-23-19(20-3)22-11-7-10-21-18(25)15-8-6-9-15/h12,14-15H,4-11,13H2,1-3H3,(H,21,25)(H2,20,22,23). The number of rotatable bonds is 10. The highest BCUT2D eigenvalue weighted by Crippen LogP contribution is 2.26. The van der Waals surface area contributed by atoms with Crippen molar-refractivity contribution in [2.24, 2.45) is 10.9 Å². The summed E-state index contributed by atoms with van der Waals surface area (Å²) in [5.41, 5.74) is 1.02. The van der Waals surface area contributed by atoms with E-state index in [9.17, 15) is 4.79 Å². The Morgan fingerprint density at radius 1 is 1.27 bits per heavy atom. The predicted octanol–water partition coefficient (Wildman–Crippen LogP) is 2.55. The minimum absolute atomic E-state index is 0.206. The highest BCUT2D eigenvalue weighted by molar-refractivity contribution is 5.80. The van der Waals surface area contributed by atoms with E-state index in [2.05, 4.69) is 39.9 Å². The number of aromatic nitrogens is 1. The lowest BCUT2D eigenvalue weighted by Gasteiger charge is -2.24. The largest absolute Gasteiger partial charge is 0.359 e. The summed E-state index contributed by atoms with van der Waals surface area (Å²) in [7, 11) is 1.74. The second-order valence-electron chi connectivity index (χ2n) is 6.86. The maximum atomic E-state index is 11.7. The van der Waals surface area contributed by atoms with Gasteiger partial charge in [0.25, 0.3) is 0 Å². The van der Waals surface area contributed by atoms with E-state index in [0.29, 0.717) is 19.0 Å². The highest BCUT2D eigenvalue weighted by atomic mass is 16.5. The van der Waals surface area contributed by atoms with Crippen molar-refractivity contribution in [1.29, 1.82) is 0 Å². The lowest BCUT2D eigenvalue weighted by Crippen LogP contribution is -2.39. The van der Waals surface area contributed by atoms with E-state index in [4.69, 9.17) is 4.52 Å². The third-order valence-electron chi connectivity index (χ3n) is 5.06. The molecule has 1 saturated carbocycles. The number of nitrogens with zero attached hydrogens (tertiary/aromatic N) is 2. The van der Waals surface area contributed by atoms with Gasteiger partial charge in [0.05, 0.1) is 12.2 Å². The molecule has 0 aromatic carbocycles. The molecular formula is C19H33N5O2. The number of aliphatic imine (C=N–C) groups is 1. The third kappa shape index (κ3) is 6.04. The fourth-order valence-corrected chi connectivity index (χ4v) is 3.02. The Kier molecular flexibility index (Phi) is 8.44. The molecular weight excluding hydrogens is 330 g/mol. The van der Waals surface area contributed by atoms with Gasteiger partial charge in [0.1, 0.15) is 0 Å². The van der Waals surface area contributed by atoms with Crippen LogP contribution in [0.2, 0.25) is 0 Å². The lowest BCUT2D eigenvalue weighted by atomic mass is 9.85. The number of amides is 1. The van der Waals surface area contributed by atoms with Crippen molar-refractivity contribution >= 4 is 11.9 Å². The molecule has 2 rings (SSSR count). The molecule has 0 radical (unpaired) electrons. The van der Waals surface area contributed by atoms with Crippen LogP contribution >= 0.6 is 0 Å². The smallest absolute Gasteiger partial charge is 0.223 e. The SMILES string of the molecule is CCC(CC)c1cc(CNC(=NC)NCCCNC(=O)C2CCC2)on1. The van der Waals surface area contributed by atoms with Crippen LogP contribution in [0.5, 0.6) is 0 Å². The van der Waals surface area contributed by atoms with Crippen LogP contribution in [-0.4, -0.2) is 37.2 Å². The van der Waals surface area contributed by atoms with Crippen molar-refractivity contribution in [3.05, 3.63) is 17.5 Å². The van der Waals surface area contributed by atoms with Crippen molar-refractivity contribution in [2.45, 2.75) is 64.8 Å². The Hall–Kier alpha value is -2.05. The summed E-state index contributed by atoms with van der Waals surface area (Å²) in [6.45, 7) is 6.33. The first-order valence-electron chi connectivity index (χ1n) is 9.85. The summed E-state index contributed by atoms with van der Waals surface area (Å²) in [5.74, 6) is 2.44. The molecule has 1 aromatic heterocycles. The van der Waals surface area contributed by atoms with Crippen LogP contribution in [0.15, 0.2) is 15.6 Å². The summed E-state index contributed by atoms with van der Waals surface area (Å²) in [6, 6.07) is 2.02. The molecule has 146 valence electrons. The zero-order valence-electron chi connectivity index (χ0n) is 16.3. The van der Waals surface area contributed by atoms with E-state index in [0.717, 1.165) is 56.1 Å². The van der Waals surface area contributed by atoms with Crippen LogP contribution in [0, 0.1) is 5.92 Å². The summed E-state index contributed by atoms with van der Waals surface area (Å²) < 4.78 is 5.41. The van der Waals surface area contributed by atoms with E-state index in [1.54, 1.807) is 7.05 Å². The van der Waals surface area contributed by atoms with Gasteiger partial charge in [0.2, 0.25) is 5.91 Å². The molecule has 1 aliphatic carbocycles. The molecule has 0 aliphatic heterocycles. The second-order valence-corrected chi connectivity index (χ2v) is 6.86. The number of nitrogens with one attached hydrogen (secondary N) is 3. The summed E-state index contributed by atoms with van der Waals surface area (Å²) in [5, 5.41) is 13.6. The molecule has 3 N–H and O–H groups in total. The summed E-state index contributed by atoms with van der Waals surface area (Å²) in [4.78, 5) is 16.0. The van der Waals surface area contributed by atoms with Gasteiger partial charge in [-0.15, -0.1) is 0 Å². The molecule has 0 bridgehead atoms. The molecule has 0 spiro atoms. The summed E-state index contributed by atoms with van der Waals surface area (Å²) >= 11 is 0. The van der Waals surface area contributed by atoms with Gasteiger partial charge in [0.15, 0.2) is 11.7 Å². The van der Waals surface area contributed by atoms with Gasteiger partial charge in [0, 0.05) is 38.0 Å². The quantitative estimate of drug-likeness (QED) is 0.338. The molecule has 1 heterocycles. The average molecular weight is 364 g/mol. The Labute approximate surface area is 156 Å². The van der Waals surface area contributed by atoms with Gasteiger partial charge in [-0.05, 0) is 32.1 Å². The number of guanidine groups is 1. The maximum Gasteiger partial charge on any atom is 0.223 e. The summed E-state index contributed by atoms with van der Waals surface area (Å²) in [6.07, 6.45) is 6.27. The van der Waals surface area contributed by atoms with Crippen molar-refractivity contribution in [3.8, 4) is 0 Å². The van der Waals surface area contributed by atoms with E-state index in [1.165, 1.54) is 6.42 Å².